The molecule has 0 aromatic heterocycles. The number of hydrogen-bond acceptors (Lipinski definition) is 4. The zero-order valence-corrected chi connectivity index (χ0v) is 17.0. The summed E-state index contributed by atoms with van der Waals surface area (Å²) in [5, 5.41) is 4.96. The number of thioether (sulfide) groups is 1. The molecule has 0 radical (unpaired) electrons. The number of likely N-dealkylation sites (tertiary alicyclic amines) is 1. The third-order valence-corrected chi connectivity index (χ3v) is 7.72. The molecule has 0 unspecified atom stereocenters. The molecule has 0 spiro atoms. The van der Waals surface area contributed by atoms with E-state index in [2.05, 4.69) is 10.6 Å². The second-order valence-corrected chi connectivity index (χ2v) is 9.39. The Bertz CT molecular complexity index is 799. The largest absolute Gasteiger partial charge is 0.338 e. The van der Waals surface area contributed by atoms with Crippen LogP contribution in [0.5, 0.6) is 0 Å². The number of nitrogens with one attached hydrogen (secondary N) is 2. The summed E-state index contributed by atoms with van der Waals surface area (Å²) in [5.41, 5.74) is -0.270. The number of imide groups is 1. The smallest absolute Gasteiger partial charge is 0.322 e. The molecule has 3 aliphatic rings. The standard InChI is InChI=1S/C21H27N3O3S/c1-21(19(26)22-20(27)23-21)13-28-17-9-5-4-8-16(17)18(25)24-11-10-14-6-2-3-7-15(14)12-24/h4-5,8-9,14-15H,2-3,6-7,10-13H2,1H3,(H2,22,23,26,27)/t14-,15+,21-/m0/s1. The van der Waals surface area contributed by atoms with Gasteiger partial charge in [0.1, 0.15) is 5.54 Å². The molecule has 150 valence electrons. The van der Waals surface area contributed by atoms with E-state index in [1.54, 1.807) is 6.92 Å². The van der Waals surface area contributed by atoms with Crippen LogP contribution in [-0.2, 0) is 4.79 Å². The molecule has 2 N–H and O–H groups in total. The Morgan fingerprint density at radius 3 is 2.68 bits per heavy atom. The minimum Gasteiger partial charge on any atom is -0.338 e. The van der Waals surface area contributed by atoms with E-state index in [0.29, 0.717) is 17.2 Å². The van der Waals surface area contributed by atoms with E-state index in [1.165, 1.54) is 37.4 Å². The zero-order valence-electron chi connectivity index (χ0n) is 16.2. The van der Waals surface area contributed by atoms with Gasteiger partial charge >= 0.3 is 6.03 Å². The van der Waals surface area contributed by atoms with Crippen LogP contribution in [0.2, 0.25) is 0 Å². The number of carbonyl (C=O) groups is 3. The number of fused-ring (bicyclic) bond motifs is 1. The van der Waals surface area contributed by atoms with Crippen molar-refractivity contribution in [2.75, 3.05) is 18.8 Å². The lowest BCUT2D eigenvalue weighted by Crippen LogP contribution is -2.46. The van der Waals surface area contributed by atoms with Crippen LogP contribution in [0, 0.1) is 11.8 Å². The molecule has 3 atom stereocenters. The zero-order chi connectivity index (χ0) is 19.7. The molecule has 6 nitrogen and oxygen atoms in total. The molecule has 2 aliphatic heterocycles. The van der Waals surface area contributed by atoms with Crippen molar-refractivity contribution < 1.29 is 14.4 Å². The second-order valence-electron chi connectivity index (χ2n) is 8.37. The van der Waals surface area contributed by atoms with Gasteiger partial charge in [0.25, 0.3) is 11.8 Å². The van der Waals surface area contributed by atoms with Crippen molar-refractivity contribution in [2.45, 2.75) is 49.5 Å². The fraction of sp³-hybridized carbons (Fsp3) is 0.571. The van der Waals surface area contributed by atoms with E-state index in [4.69, 9.17) is 0 Å². The summed E-state index contributed by atoms with van der Waals surface area (Å²) in [6.45, 7) is 3.40. The number of hydrogen-bond donors (Lipinski definition) is 2. The van der Waals surface area contributed by atoms with Crippen LogP contribution in [0.3, 0.4) is 0 Å². The summed E-state index contributed by atoms with van der Waals surface area (Å²) in [7, 11) is 0. The molecule has 1 aliphatic carbocycles. The average Bonchev–Trinajstić information content (AvgIpc) is 2.97. The first kappa shape index (κ1) is 19.3. The first-order valence-electron chi connectivity index (χ1n) is 10.1. The van der Waals surface area contributed by atoms with E-state index < -0.39 is 11.6 Å². The van der Waals surface area contributed by atoms with Crippen molar-refractivity contribution in [3.8, 4) is 0 Å². The van der Waals surface area contributed by atoms with Crippen LogP contribution in [-0.4, -0.2) is 47.1 Å². The fourth-order valence-corrected chi connectivity index (χ4v) is 5.76. The molecule has 0 bridgehead atoms. The van der Waals surface area contributed by atoms with E-state index in [-0.39, 0.29) is 11.8 Å². The highest BCUT2D eigenvalue weighted by molar-refractivity contribution is 7.99. The SMILES string of the molecule is C[C@@]1(CSc2ccccc2C(=O)N2CC[C@@H]3CCCC[C@@H]3C2)NC(=O)NC1=O. The summed E-state index contributed by atoms with van der Waals surface area (Å²) in [6, 6.07) is 7.11. The van der Waals surface area contributed by atoms with Gasteiger partial charge in [-0.1, -0.05) is 31.4 Å². The Balaban J connectivity index is 1.46. The Kier molecular flexibility index (Phi) is 5.36. The monoisotopic (exact) mass is 401 g/mol. The molecular weight excluding hydrogens is 374 g/mol. The summed E-state index contributed by atoms with van der Waals surface area (Å²) in [5.74, 6) is 1.55. The molecule has 1 aromatic rings. The van der Waals surface area contributed by atoms with Gasteiger partial charge in [-0.3, -0.25) is 14.9 Å². The molecule has 1 aromatic carbocycles. The molecule has 2 saturated heterocycles. The topological polar surface area (TPSA) is 78.5 Å². The van der Waals surface area contributed by atoms with Crippen LogP contribution in [0.25, 0.3) is 0 Å². The highest BCUT2D eigenvalue weighted by atomic mass is 32.2. The number of urea groups is 1. The third-order valence-electron chi connectivity index (χ3n) is 6.33. The van der Waals surface area contributed by atoms with Crippen molar-refractivity contribution >= 4 is 29.6 Å². The van der Waals surface area contributed by atoms with Crippen molar-refractivity contribution in [3.05, 3.63) is 29.8 Å². The van der Waals surface area contributed by atoms with Gasteiger partial charge in [-0.15, -0.1) is 11.8 Å². The van der Waals surface area contributed by atoms with Gasteiger partial charge in [0, 0.05) is 23.7 Å². The van der Waals surface area contributed by atoms with Crippen molar-refractivity contribution in [3.63, 3.8) is 0 Å². The highest BCUT2D eigenvalue weighted by Gasteiger charge is 2.42. The fourth-order valence-electron chi connectivity index (χ4n) is 4.63. The number of amides is 4. The third kappa shape index (κ3) is 3.77. The van der Waals surface area contributed by atoms with Crippen molar-refractivity contribution in [1.82, 2.24) is 15.5 Å². The van der Waals surface area contributed by atoms with Crippen LogP contribution in [0.15, 0.2) is 29.2 Å². The van der Waals surface area contributed by atoms with Gasteiger partial charge in [0.2, 0.25) is 0 Å². The predicted octanol–water partition coefficient (Wildman–Crippen LogP) is 3.03. The van der Waals surface area contributed by atoms with Crippen molar-refractivity contribution in [2.24, 2.45) is 11.8 Å². The van der Waals surface area contributed by atoms with E-state index in [1.807, 2.05) is 29.2 Å². The Morgan fingerprint density at radius 1 is 1.18 bits per heavy atom. The minimum absolute atomic E-state index is 0.0807. The summed E-state index contributed by atoms with van der Waals surface area (Å²) >= 11 is 1.44. The first-order chi connectivity index (χ1) is 13.5. The molecular formula is C21H27N3O3S. The molecule has 3 fully saturated rings. The lowest BCUT2D eigenvalue weighted by Gasteiger charge is -2.41. The van der Waals surface area contributed by atoms with Gasteiger partial charge in [0.15, 0.2) is 0 Å². The second kappa shape index (κ2) is 7.78. The number of rotatable bonds is 4. The first-order valence-corrected chi connectivity index (χ1v) is 11.1. The maximum absolute atomic E-state index is 13.3. The molecule has 7 heteroatoms. The minimum atomic E-state index is -0.960. The van der Waals surface area contributed by atoms with Crippen LogP contribution in [0.4, 0.5) is 4.79 Å². The summed E-state index contributed by atoms with van der Waals surface area (Å²) in [6.07, 6.45) is 6.26. The lowest BCUT2D eigenvalue weighted by atomic mass is 9.75. The summed E-state index contributed by atoms with van der Waals surface area (Å²) < 4.78 is 0. The van der Waals surface area contributed by atoms with Gasteiger partial charge in [-0.05, 0) is 43.7 Å². The number of nitrogens with zero attached hydrogens (tertiary/aromatic N) is 1. The highest BCUT2D eigenvalue weighted by Crippen LogP contribution is 2.37. The quantitative estimate of drug-likeness (QED) is 0.600. The molecule has 4 amide bonds. The van der Waals surface area contributed by atoms with Gasteiger partial charge in [-0.25, -0.2) is 4.79 Å². The van der Waals surface area contributed by atoms with Gasteiger partial charge < -0.3 is 10.2 Å². The van der Waals surface area contributed by atoms with Crippen LogP contribution < -0.4 is 10.6 Å². The number of benzene rings is 1. The Labute approximate surface area is 169 Å². The maximum atomic E-state index is 13.3. The number of carbonyl (C=O) groups excluding carboxylic acids is 3. The lowest BCUT2D eigenvalue weighted by molar-refractivity contribution is -0.122. The number of piperidine rings is 1. The molecule has 1 saturated carbocycles. The normalized spacial score (nSPS) is 29.8. The van der Waals surface area contributed by atoms with Crippen molar-refractivity contribution in [1.29, 1.82) is 0 Å². The predicted molar refractivity (Wildman–Crippen MR) is 108 cm³/mol. The van der Waals surface area contributed by atoms with Crippen LogP contribution in [0.1, 0.15) is 49.4 Å². The Hall–Kier alpha value is -2.02. The summed E-state index contributed by atoms with van der Waals surface area (Å²) in [4.78, 5) is 39.6. The van der Waals surface area contributed by atoms with E-state index >= 15 is 0 Å². The van der Waals surface area contributed by atoms with Gasteiger partial charge in [0.05, 0.1) is 5.56 Å². The Morgan fingerprint density at radius 2 is 1.93 bits per heavy atom. The van der Waals surface area contributed by atoms with E-state index in [0.717, 1.165) is 30.3 Å². The molecule has 28 heavy (non-hydrogen) atoms. The average molecular weight is 402 g/mol. The van der Waals surface area contributed by atoms with E-state index in [9.17, 15) is 14.4 Å². The molecule has 2 heterocycles. The maximum Gasteiger partial charge on any atom is 0.322 e. The van der Waals surface area contributed by atoms with Gasteiger partial charge in [-0.2, -0.15) is 0 Å². The van der Waals surface area contributed by atoms with Crippen LogP contribution >= 0.6 is 11.8 Å². The molecule has 4 rings (SSSR count).